The molecule has 1 aliphatic rings. The maximum atomic E-state index is 11.4. The Morgan fingerprint density at radius 3 is 2.71 bits per heavy atom. The molecule has 0 unspecified atom stereocenters. The van der Waals surface area contributed by atoms with Gasteiger partial charge in [-0.1, -0.05) is 17.7 Å². The Kier molecular flexibility index (Phi) is 4.18. The van der Waals surface area contributed by atoms with Gasteiger partial charge in [-0.3, -0.25) is 4.21 Å². The van der Waals surface area contributed by atoms with Crippen molar-refractivity contribution in [3.05, 3.63) is 29.3 Å². The van der Waals surface area contributed by atoms with Gasteiger partial charge >= 0.3 is 0 Å². The molecule has 3 nitrogen and oxygen atoms in total. The minimum Gasteiger partial charge on any atom is -0.369 e. The Hall–Kier alpha value is -0.870. The second-order valence-corrected chi connectivity index (χ2v) is 6.20. The summed E-state index contributed by atoms with van der Waals surface area (Å²) in [6, 6.07) is 6.53. The van der Waals surface area contributed by atoms with E-state index >= 15 is 0 Å². The number of rotatable bonds is 3. The van der Waals surface area contributed by atoms with Crippen molar-refractivity contribution >= 4 is 16.5 Å². The van der Waals surface area contributed by atoms with Crippen molar-refractivity contribution in [2.45, 2.75) is 13.3 Å². The molecule has 0 atom stereocenters. The van der Waals surface area contributed by atoms with Gasteiger partial charge in [0.1, 0.15) is 0 Å². The molecule has 17 heavy (non-hydrogen) atoms. The molecule has 2 rings (SSSR count). The van der Waals surface area contributed by atoms with Crippen molar-refractivity contribution in [1.82, 2.24) is 0 Å². The van der Waals surface area contributed by atoms with Crippen LogP contribution in [0.5, 0.6) is 0 Å². The predicted octanol–water partition coefficient (Wildman–Crippen LogP) is 1.06. The predicted molar refractivity (Wildman–Crippen MR) is 74.0 cm³/mol. The average molecular weight is 252 g/mol. The first-order chi connectivity index (χ1) is 8.20. The summed E-state index contributed by atoms with van der Waals surface area (Å²) < 4.78 is 11.4. The third-order valence-corrected chi connectivity index (χ3v) is 4.44. The molecule has 1 saturated heterocycles. The fourth-order valence-corrected chi connectivity index (χ4v) is 3.31. The highest BCUT2D eigenvalue weighted by atomic mass is 32.2. The molecule has 94 valence electrons. The molecule has 0 saturated carbocycles. The van der Waals surface area contributed by atoms with Gasteiger partial charge < -0.3 is 10.6 Å². The Labute approximate surface area is 105 Å². The van der Waals surface area contributed by atoms with Crippen LogP contribution in [0.4, 0.5) is 5.69 Å². The van der Waals surface area contributed by atoms with E-state index in [1.54, 1.807) is 0 Å². The lowest BCUT2D eigenvalue weighted by atomic mass is 10.1. The summed E-state index contributed by atoms with van der Waals surface area (Å²) >= 11 is 0. The first kappa shape index (κ1) is 12.6. The van der Waals surface area contributed by atoms with Crippen LogP contribution in [0, 0.1) is 6.92 Å². The van der Waals surface area contributed by atoms with Crippen molar-refractivity contribution < 1.29 is 4.21 Å². The van der Waals surface area contributed by atoms with Crippen molar-refractivity contribution in [2.24, 2.45) is 5.73 Å². The Morgan fingerprint density at radius 2 is 2.06 bits per heavy atom. The van der Waals surface area contributed by atoms with Crippen molar-refractivity contribution in [3.63, 3.8) is 0 Å². The molecule has 0 radical (unpaired) electrons. The SMILES string of the molecule is Cc1ccc(N2CCS(=O)CC2)c(CCN)c1. The molecule has 0 aromatic heterocycles. The summed E-state index contributed by atoms with van der Waals surface area (Å²) in [6.45, 7) is 4.58. The van der Waals surface area contributed by atoms with Crippen molar-refractivity contribution in [1.29, 1.82) is 0 Å². The van der Waals surface area contributed by atoms with E-state index in [1.807, 2.05) is 0 Å². The van der Waals surface area contributed by atoms with E-state index in [0.29, 0.717) is 6.54 Å². The normalized spacial score (nSPS) is 17.4. The zero-order valence-corrected chi connectivity index (χ0v) is 11.1. The van der Waals surface area contributed by atoms with Crippen LogP contribution in [0.1, 0.15) is 11.1 Å². The monoisotopic (exact) mass is 252 g/mol. The van der Waals surface area contributed by atoms with Crippen LogP contribution >= 0.6 is 0 Å². The zero-order chi connectivity index (χ0) is 12.3. The van der Waals surface area contributed by atoms with Crippen LogP contribution in [0.3, 0.4) is 0 Å². The highest BCUT2D eigenvalue weighted by molar-refractivity contribution is 7.85. The Bertz CT molecular complexity index is 410. The molecule has 2 N–H and O–H groups in total. The quantitative estimate of drug-likeness (QED) is 0.875. The van der Waals surface area contributed by atoms with Gasteiger partial charge in [-0.05, 0) is 31.5 Å². The second-order valence-electron chi connectivity index (χ2n) is 4.51. The van der Waals surface area contributed by atoms with Crippen LogP contribution in [0.15, 0.2) is 18.2 Å². The maximum Gasteiger partial charge on any atom is 0.0411 e. The summed E-state index contributed by atoms with van der Waals surface area (Å²) in [6.07, 6.45) is 0.913. The topological polar surface area (TPSA) is 46.3 Å². The van der Waals surface area contributed by atoms with Gasteiger partial charge in [0.25, 0.3) is 0 Å². The highest BCUT2D eigenvalue weighted by Crippen LogP contribution is 2.23. The van der Waals surface area contributed by atoms with Crippen LogP contribution in [0.2, 0.25) is 0 Å². The largest absolute Gasteiger partial charge is 0.369 e. The van der Waals surface area contributed by atoms with Gasteiger partial charge in [-0.15, -0.1) is 0 Å². The van der Waals surface area contributed by atoms with Gasteiger partial charge in [0.15, 0.2) is 0 Å². The van der Waals surface area contributed by atoms with Crippen LogP contribution in [0.25, 0.3) is 0 Å². The minimum atomic E-state index is -0.616. The molecule has 1 aromatic carbocycles. The number of nitrogens with zero attached hydrogens (tertiary/aromatic N) is 1. The van der Waals surface area contributed by atoms with E-state index in [4.69, 9.17) is 5.73 Å². The van der Waals surface area contributed by atoms with Crippen LogP contribution < -0.4 is 10.6 Å². The van der Waals surface area contributed by atoms with Gasteiger partial charge in [-0.2, -0.15) is 0 Å². The lowest BCUT2D eigenvalue weighted by Crippen LogP contribution is -2.38. The van der Waals surface area contributed by atoms with Crippen molar-refractivity contribution in [3.8, 4) is 0 Å². The molecule has 1 heterocycles. The first-order valence-electron chi connectivity index (χ1n) is 6.10. The smallest absolute Gasteiger partial charge is 0.0411 e. The fourth-order valence-electron chi connectivity index (χ4n) is 2.26. The van der Waals surface area contributed by atoms with Gasteiger partial charge in [0.05, 0.1) is 0 Å². The zero-order valence-electron chi connectivity index (χ0n) is 10.3. The summed E-state index contributed by atoms with van der Waals surface area (Å²) in [5.41, 5.74) is 9.53. The molecule has 1 aliphatic heterocycles. The van der Waals surface area contributed by atoms with Crippen LogP contribution in [-0.4, -0.2) is 35.3 Å². The molecule has 0 aliphatic carbocycles. The maximum absolute atomic E-state index is 11.4. The molecular formula is C13H20N2OS. The van der Waals surface area contributed by atoms with Gasteiger partial charge in [0, 0.05) is 41.1 Å². The molecule has 0 bridgehead atoms. The Balaban J connectivity index is 2.21. The van der Waals surface area contributed by atoms with E-state index in [0.717, 1.165) is 31.0 Å². The third kappa shape index (κ3) is 3.07. The van der Waals surface area contributed by atoms with E-state index in [2.05, 4.69) is 30.0 Å². The van der Waals surface area contributed by atoms with Crippen LogP contribution in [-0.2, 0) is 17.2 Å². The number of nitrogens with two attached hydrogens (primary N) is 1. The van der Waals surface area contributed by atoms with Gasteiger partial charge in [0.2, 0.25) is 0 Å². The third-order valence-electron chi connectivity index (χ3n) is 3.17. The van der Waals surface area contributed by atoms with E-state index in [9.17, 15) is 4.21 Å². The molecule has 0 amide bonds. The standard InChI is InChI=1S/C13H20N2OS/c1-11-2-3-13(12(10-11)4-5-14)15-6-8-17(16)9-7-15/h2-3,10H,4-9,14H2,1H3. The minimum absolute atomic E-state index is 0.616. The number of aryl methyl sites for hydroxylation is 1. The highest BCUT2D eigenvalue weighted by Gasteiger charge is 2.17. The summed E-state index contributed by atoms with van der Waals surface area (Å²) in [4.78, 5) is 2.34. The molecule has 4 heteroatoms. The van der Waals surface area contributed by atoms with E-state index in [-0.39, 0.29) is 0 Å². The second kappa shape index (κ2) is 5.65. The fraction of sp³-hybridized carbons (Fsp3) is 0.538. The summed E-state index contributed by atoms with van der Waals surface area (Å²) in [7, 11) is -0.616. The lowest BCUT2D eigenvalue weighted by molar-refractivity contribution is 0.673. The Morgan fingerprint density at radius 1 is 1.35 bits per heavy atom. The van der Waals surface area contributed by atoms with E-state index in [1.165, 1.54) is 16.8 Å². The van der Waals surface area contributed by atoms with Crippen molar-refractivity contribution in [2.75, 3.05) is 36.0 Å². The number of hydrogen-bond acceptors (Lipinski definition) is 3. The summed E-state index contributed by atoms with van der Waals surface area (Å²) in [5, 5.41) is 0. The number of anilines is 1. The summed E-state index contributed by atoms with van der Waals surface area (Å²) in [5.74, 6) is 1.58. The molecule has 1 fully saturated rings. The average Bonchev–Trinajstić information content (AvgIpc) is 2.31. The lowest BCUT2D eigenvalue weighted by Gasteiger charge is -2.30. The van der Waals surface area contributed by atoms with E-state index < -0.39 is 10.8 Å². The first-order valence-corrected chi connectivity index (χ1v) is 7.59. The number of benzene rings is 1. The molecule has 0 spiro atoms. The van der Waals surface area contributed by atoms with Gasteiger partial charge in [-0.25, -0.2) is 0 Å². The number of hydrogen-bond donors (Lipinski definition) is 1. The molecule has 1 aromatic rings. The molecular weight excluding hydrogens is 232 g/mol.